The Morgan fingerprint density at radius 3 is 2.29 bits per heavy atom. The van der Waals surface area contributed by atoms with E-state index < -0.39 is 35.9 Å². The maximum absolute atomic E-state index is 13.1. The van der Waals surface area contributed by atoms with Crippen molar-refractivity contribution in [2.24, 2.45) is 0 Å². The number of hydrogen-bond acceptors (Lipinski definition) is 5. The first-order valence-electron chi connectivity index (χ1n) is 10.1. The number of urea groups is 1. The molecular weight excluding hydrogens is 398 g/mol. The van der Waals surface area contributed by atoms with Crippen LogP contribution in [0.4, 0.5) is 10.5 Å². The van der Waals surface area contributed by atoms with Crippen LogP contribution in [0, 0.1) is 0 Å². The zero-order valence-corrected chi connectivity index (χ0v) is 17.7. The molecule has 0 aromatic heterocycles. The molecule has 2 aromatic rings. The molecule has 0 spiro atoms. The van der Waals surface area contributed by atoms with Crippen LogP contribution in [0.5, 0.6) is 0 Å². The summed E-state index contributed by atoms with van der Waals surface area (Å²) in [6.45, 7) is 4.90. The van der Waals surface area contributed by atoms with Crippen molar-refractivity contribution in [1.82, 2.24) is 10.2 Å². The largest absolute Gasteiger partial charge is 0.459 e. The van der Waals surface area contributed by atoms with Crippen molar-refractivity contribution < 1.29 is 23.9 Å². The molecule has 162 valence electrons. The Hall–Kier alpha value is -3.68. The van der Waals surface area contributed by atoms with Gasteiger partial charge in [0.15, 0.2) is 0 Å². The molecule has 8 heteroatoms. The lowest BCUT2D eigenvalue weighted by Gasteiger charge is -2.25. The van der Waals surface area contributed by atoms with Gasteiger partial charge >= 0.3 is 12.0 Å². The first-order valence-corrected chi connectivity index (χ1v) is 10.1. The van der Waals surface area contributed by atoms with E-state index in [1.807, 2.05) is 6.07 Å². The van der Waals surface area contributed by atoms with Crippen LogP contribution in [-0.2, 0) is 19.9 Å². The molecule has 1 fully saturated rings. The third-order valence-corrected chi connectivity index (χ3v) is 5.02. The van der Waals surface area contributed by atoms with Crippen molar-refractivity contribution in [3.8, 4) is 0 Å². The minimum atomic E-state index is -1.18. The molecule has 2 N–H and O–H groups in total. The fourth-order valence-corrected chi connectivity index (χ4v) is 3.45. The van der Waals surface area contributed by atoms with E-state index in [1.54, 1.807) is 57.2 Å². The third-order valence-electron chi connectivity index (χ3n) is 5.02. The molecule has 1 aliphatic rings. The van der Waals surface area contributed by atoms with E-state index in [0.29, 0.717) is 23.2 Å². The van der Waals surface area contributed by atoms with Gasteiger partial charge in [0.05, 0.1) is 11.7 Å². The maximum Gasteiger partial charge on any atom is 0.338 e. The number of imide groups is 1. The molecule has 0 radical (unpaired) electrons. The van der Waals surface area contributed by atoms with Crippen molar-refractivity contribution in [1.29, 1.82) is 0 Å². The normalized spacial score (nSPS) is 18.1. The highest BCUT2D eigenvalue weighted by molar-refractivity contribution is 6.10. The summed E-state index contributed by atoms with van der Waals surface area (Å²) in [6.07, 6.45) is 0.121. The molecule has 31 heavy (non-hydrogen) atoms. The number of rotatable bonds is 7. The quantitative estimate of drug-likeness (QED) is 0.526. The van der Waals surface area contributed by atoms with E-state index in [0.717, 1.165) is 4.90 Å². The average Bonchev–Trinajstić information content (AvgIpc) is 2.99. The number of benzene rings is 2. The number of carbonyl (C=O) groups excluding carboxylic acids is 4. The third kappa shape index (κ3) is 4.58. The summed E-state index contributed by atoms with van der Waals surface area (Å²) in [5.41, 5.74) is 0.277. The van der Waals surface area contributed by atoms with Gasteiger partial charge in [-0.15, -0.1) is 0 Å². The molecule has 0 saturated carbocycles. The average molecular weight is 423 g/mol. The number of carbonyl (C=O) groups is 4. The molecule has 0 aliphatic carbocycles. The molecule has 0 bridgehead atoms. The van der Waals surface area contributed by atoms with Crippen LogP contribution in [0.25, 0.3) is 0 Å². The zero-order valence-electron chi connectivity index (χ0n) is 17.7. The zero-order chi connectivity index (χ0) is 22.6. The van der Waals surface area contributed by atoms with Gasteiger partial charge in [-0.25, -0.2) is 9.59 Å². The predicted octanol–water partition coefficient (Wildman–Crippen LogP) is 3.05. The number of amides is 4. The standard InChI is InChI=1S/C23H25N3O5/c1-4-23(17-8-6-5-7-9-17)21(29)26(22(30)25-23)14-19(27)24-18-12-10-16(11-13-18)20(28)31-15(2)3/h5-13,15H,4,14H2,1-3H3,(H,24,27)(H,25,30)/t23-/m1/s1. The molecule has 0 unspecified atom stereocenters. The molecule has 4 amide bonds. The SMILES string of the molecule is CC[C@]1(c2ccccc2)NC(=O)N(CC(=O)Nc2ccc(C(=O)OC(C)C)cc2)C1=O. The Balaban J connectivity index is 1.67. The van der Waals surface area contributed by atoms with Crippen LogP contribution in [-0.4, -0.2) is 41.4 Å². The van der Waals surface area contributed by atoms with Crippen molar-refractivity contribution in [2.45, 2.75) is 38.8 Å². The van der Waals surface area contributed by atoms with E-state index in [4.69, 9.17) is 4.74 Å². The summed E-state index contributed by atoms with van der Waals surface area (Å²) in [5.74, 6) is -1.45. The molecule has 8 nitrogen and oxygen atoms in total. The fourth-order valence-electron chi connectivity index (χ4n) is 3.45. The van der Waals surface area contributed by atoms with E-state index in [9.17, 15) is 19.2 Å². The number of nitrogens with one attached hydrogen (secondary N) is 2. The summed E-state index contributed by atoms with van der Waals surface area (Å²) < 4.78 is 5.12. The minimum absolute atomic E-state index is 0.234. The Morgan fingerprint density at radius 1 is 1.06 bits per heavy atom. The van der Waals surface area contributed by atoms with Crippen molar-refractivity contribution in [3.05, 3.63) is 65.7 Å². The number of ether oxygens (including phenoxy) is 1. The van der Waals surface area contributed by atoms with Crippen LogP contribution in [0.15, 0.2) is 54.6 Å². The van der Waals surface area contributed by atoms with Gasteiger partial charge in [-0.05, 0) is 50.1 Å². The summed E-state index contributed by atoms with van der Waals surface area (Å²) in [6, 6.07) is 14.5. The van der Waals surface area contributed by atoms with E-state index in [-0.39, 0.29) is 6.10 Å². The Kier molecular flexibility index (Phi) is 6.39. The summed E-state index contributed by atoms with van der Waals surface area (Å²) in [4.78, 5) is 50.9. The Morgan fingerprint density at radius 2 is 1.71 bits per heavy atom. The Labute approximate surface area is 180 Å². The molecule has 1 aliphatic heterocycles. The highest BCUT2D eigenvalue weighted by Crippen LogP contribution is 2.32. The lowest BCUT2D eigenvalue weighted by Crippen LogP contribution is -2.44. The first kappa shape index (κ1) is 22.0. The van der Waals surface area contributed by atoms with Gasteiger partial charge in [0.2, 0.25) is 5.91 Å². The second kappa shape index (κ2) is 8.99. The van der Waals surface area contributed by atoms with Gasteiger partial charge in [-0.1, -0.05) is 37.3 Å². The van der Waals surface area contributed by atoms with Crippen molar-refractivity contribution >= 4 is 29.5 Å². The lowest BCUT2D eigenvalue weighted by molar-refractivity contribution is -0.134. The fraction of sp³-hybridized carbons (Fsp3) is 0.304. The second-order valence-corrected chi connectivity index (χ2v) is 7.53. The van der Waals surface area contributed by atoms with E-state index in [2.05, 4.69) is 10.6 Å². The maximum atomic E-state index is 13.1. The highest BCUT2D eigenvalue weighted by atomic mass is 16.5. The van der Waals surface area contributed by atoms with Crippen LogP contribution in [0.3, 0.4) is 0 Å². The molecule has 1 atom stereocenters. The molecule has 2 aromatic carbocycles. The molecule has 1 heterocycles. The molecular formula is C23H25N3O5. The molecule has 3 rings (SSSR count). The summed E-state index contributed by atoms with van der Waals surface area (Å²) >= 11 is 0. The van der Waals surface area contributed by atoms with Crippen LogP contribution in [0.1, 0.15) is 43.1 Å². The number of esters is 1. The van der Waals surface area contributed by atoms with Crippen LogP contribution in [0.2, 0.25) is 0 Å². The number of hydrogen-bond donors (Lipinski definition) is 2. The van der Waals surface area contributed by atoms with Crippen LogP contribution < -0.4 is 10.6 Å². The van der Waals surface area contributed by atoms with Crippen LogP contribution >= 0.6 is 0 Å². The smallest absolute Gasteiger partial charge is 0.338 e. The van der Waals surface area contributed by atoms with Crippen molar-refractivity contribution in [3.63, 3.8) is 0 Å². The Bertz CT molecular complexity index is 988. The summed E-state index contributed by atoms with van der Waals surface area (Å²) in [7, 11) is 0. The van der Waals surface area contributed by atoms with Crippen molar-refractivity contribution in [2.75, 3.05) is 11.9 Å². The number of anilines is 1. The number of nitrogens with zero attached hydrogens (tertiary/aromatic N) is 1. The van der Waals surface area contributed by atoms with Gasteiger partial charge in [0.25, 0.3) is 5.91 Å². The van der Waals surface area contributed by atoms with Gasteiger partial charge < -0.3 is 15.4 Å². The monoisotopic (exact) mass is 423 g/mol. The van der Waals surface area contributed by atoms with Gasteiger partial charge in [0.1, 0.15) is 12.1 Å². The van der Waals surface area contributed by atoms with E-state index in [1.165, 1.54) is 12.1 Å². The second-order valence-electron chi connectivity index (χ2n) is 7.53. The first-order chi connectivity index (χ1) is 14.8. The predicted molar refractivity (Wildman–Crippen MR) is 114 cm³/mol. The topological polar surface area (TPSA) is 105 Å². The van der Waals surface area contributed by atoms with Gasteiger partial charge in [-0.2, -0.15) is 0 Å². The highest BCUT2D eigenvalue weighted by Gasteiger charge is 2.51. The minimum Gasteiger partial charge on any atom is -0.459 e. The van der Waals surface area contributed by atoms with Gasteiger partial charge in [0, 0.05) is 5.69 Å². The van der Waals surface area contributed by atoms with Gasteiger partial charge in [-0.3, -0.25) is 14.5 Å². The molecule has 1 saturated heterocycles. The summed E-state index contributed by atoms with van der Waals surface area (Å²) in [5, 5.41) is 5.38. The van der Waals surface area contributed by atoms with E-state index >= 15 is 0 Å². The lowest BCUT2D eigenvalue weighted by atomic mass is 9.87.